The molecule has 0 radical (unpaired) electrons. The molecule has 0 fully saturated rings. The lowest BCUT2D eigenvalue weighted by Crippen LogP contribution is -2.37. The van der Waals surface area contributed by atoms with E-state index < -0.39 is 7.71 Å². The highest BCUT2D eigenvalue weighted by molar-refractivity contribution is 8.42. The average Bonchev–Trinajstić information content (AvgIpc) is 2.04. The molecule has 0 spiro atoms. The molecule has 0 aromatic heterocycles. The fraction of sp³-hybridized carbons (Fsp3) is 0.889. The number of rotatable bonds is 6. The van der Waals surface area contributed by atoms with E-state index in [2.05, 4.69) is 20.4 Å². The van der Waals surface area contributed by atoms with Crippen LogP contribution >= 0.6 is 23.4 Å². The maximum atomic E-state index is 5.68. The Morgan fingerprint density at radius 3 is 2.00 bits per heavy atom. The number of hydrogen-bond donors (Lipinski definition) is 0. The van der Waals surface area contributed by atoms with Crippen LogP contribution in [0.5, 0.6) is 0 Å². The Morgan fingerprint density at radius 2 is 1.71 bits per heavy atom. The lowest BCUT2D eigenvalue weighted by molar-refractivity contribution is 0.211. The van der Waals surface area contributed by atoms with Crippen LogP contribution in [0.3, 0.4) is 0 Å². The van der Waals surface area contributed by atoms with Crippen LogP contribution < -0.4 is 0 Å². The first-order valence-corrected chi connectivity index (χ1v) is 9.22. The third kappa shape index (κ3) is 5.46. The molecule has 0 unspecified atom stereocenters. The third-order valence-electron chi connectivity index (χ3n) is 1.57. The predicted octanol–water partition coefficient (Wildman–Crippen LogP) is 3.34. The van der Waals surface area contributed by atoms with Gasteiger partial charge in [0.15, 0.2) is 0 Å². The quantitative estimate of drug-likeness (QED) is 0.533. The maximum Gasteiger partial charge on any atom is 0.408 e. The summed E-state index contributed by atoms with van der Waals surface area (Å²) in [5.74, 6) is 0.405. The average molecular weight is 252 g/mol. The van der Waals surface area contributed by atoms with E-state index in [1.54, 1.807) is 11.2 Å². The van der Waals surface area contributed by atoms with E-state index in [1.165, 1.54) is 0 Å². The van der Waals surface area contributed by atoms with Crippen molar-refractivity contribution in [3.8, 4) is 0 Å². The molecule has 84 valence electrons. The fourth-order valence-electron chi connectivity index (χ4n) is 0.926. The zero-order valence-electron chi connectivity index (χ0n) is 9.62. The van der Waals surface area contributed by atoms with Crippen LogP contribution in [-0.4, -0.2) is 25.1 Å². The molecule has 14 heavy (non-hydrogen) atoms. The van der Waals surface area contributed by atoms with Gasteiger partial charge in [0.2, 0.25) is 0 Å². The van der Waals surface area contributed by atoms with Crippen molar-refractivity contribution in [2.45, 2.75) is 34.2 Å². The van der Waals surface area contributed by atoms with Gasteiger partial charge in [0, 0.05) is 17.4 Å². The third-order valence-corrected chi connectivity index (χ3v) is 7.88. The van der Waals surface area contributed by atoms with Crippen LogP contribution in [0.25, 0.3) is 0 Å². The first kappa shape index (κ1) is 14.6. The monoisotopic (exact) mass is 252 g/mol. The minimum absolute atomic E-state index is 0.405. The van der Waals surface area contributed by atoms with Crippen LogP contribution in [-0.2, 0) is 8.85 Å². The van der Waals surface area contributed by atoms with E-state index in [4.69, 9.17) is 21.1 Å². The molecule has 0 rings (SSSR count). The lowest BCUT2D eigenvalue weighted by atomic mass is 10.3. The highest BCUT2D eigenvalue weighted by atomic mass is 32.4. The van der Waals surface area contributed by atoms with Crippen molar-refractivity contribution in [2.75, 3.05) is 13.2 Å². The number of thiocarbonyl (C=S) groups is 1. The molecule has 0 aromatic carbocycles. The molecule has 0 aliphatic rings. The fourth-order valence-corrected chi connectivity index (χ4v) is 7.00. The van der Waals surface area contributed by atoms with Crippen molar-refractivity contribution in [3.63, 3.8) is 0 Å². The summed E-state index contributed by atoms with van der Waals surface area (Å²) in [6.07, 6.45) is 0. The standard InChI is InChI=1S/C9H20O2S2Si/c1-6-10-14(5,11-7-2)13-9(12)8(3)4/h8H,6-7H2,1-5H3. The Kier molecular flexibility index (Phi) is 7.24. The van der Waals surface area contributed by atoms with Gasteiger partial charge >= 0.3 is 7.71 Å². The van der Waals surface area contributed by atoms with E-state index in [0.717, 1.165) is 4.20 Å². The zero-order valence-corrected chi connectivity index (χ0v) is 12.3. The molecule has 0 aliphatic heterocycles. The molecule has 0 amide bonds. The van der Waals surface area contributed by atoms with E-state index in [0.29, 0.717) is 19.1 Å². The first-order chi connectivity index (χ1) is 6.45. The van der Waals surface area contributed by atoms with Gasteiger partial charge in [-0.05, 0) is 26.3 Å². The molecule has 0 atom stereocenters. The summed E-state index contributed by atoms with van der Waals surface area (Å²) in [6.45, 7) is 11.6. The van der Waals surface area contributed by atoms with Crippen LogP contribution in [0.4, 0.5) is 0 Å². The Morgan fingerprint density at radius 1 is 1.29 bits per heavy atom. The van der Waals surface area contributed by atoms with Gasteiger partial charge in [-0.2, -0.15) is 0 Å². The summed E-state index contributed by atoms with van der Waals surface area (Å²) in [6, 6.07) is 0. The minimum atomic E-state index is -2.10. The van der Waals surface area contributed by atoms with Crippen molar-refractivity contribution in [2.24, 2.45) is 5.92 Å². The van der Waals surface area contributed by atoms with Gasteiger partial charge in [-0.15, -0.1) is 0 Å². The number of hydrogen-bond acceptors (Lipinski definition) is 4. The zero-order chi connectivity index (χ0) is 11.2. The minimum Gasteiger partial charge on any atom is -0.387 e. The predicted molar refractivity (Wildman–Crippen MR) is 69.9 cm³/mol. The van der Waals surface area contributed by atoms with Gasteiger partial charge in [0.05, 0.1) is 0 Å². The van der Waals surface area contributed by atoms with Crippen molar-refractivity contribution in [1.82, 2.24) is 0 Å². The van der Waals surface area contributed by atoms with Gasteiger partial charge in [0.25, 0.3) is 0 Å². The molecule has 0 saturated heterocycles. The topological polar surface area (TPSA) is 18.5 Å². The van der Waals surface area contributed by atoms with E-state index >= 15 is 0 Å². The second-order valence-corrected chi connectivity index (χ2v) is 9.79. The summed E-state index contributed by atoms with van der Waals surface area (Å²) < 4.78 is 12.4. The molecular formula is C9H20O2S2Si. The van der Waals surface area contributed by atoms with Crippen LogP contribution in [0, 0.1) is 5.92 Å². The second-order valence-electron chi connectivity index (χ2n) is 3.30. The van der Waals surface area contributed by atoms with Crippen molar-refractivity contribution >= 4 is 35.3 Å². The molecule has 0 saturated carbocycles. The van der Waals surface area contributed by atoms with Crippen molar-refractivity contribution in [1.29, 1.82) is 0 Å². The van der Waals surface area contributed by atoms with Gasteiger partial charge in [0.1, 0.15) is 0 Å². The van der Waals surface area contributed by atoms with E-state index in [-0.39, 0.29) is 0 Å². The van der Waals surface area contributed by atoms with Gasteiger partial charge in [-0.3, -0.25) is 0 Å². The lowest BCUT2D eigenvalue weighted by Gasteiger charge is -2.25. The molecule has 0 heterocycles. The SMILES string of the molecule is CCO[Si](C)(OCC)SC(=S)C(C)C. The van der Waals surface area contributed by atoms with Gasteiger partial charge < -0.3 is 8.85 Å². The van der Waals surface area contributed by atoms with Gasteiger partial charge in [-0.25, -0.2) is 0 Å². The van der Waals surface area contributed by atoms with E-state index in [9.17, 15) is 0 Å². The molecule has 0 aliphatic carbocycles. The second kappa shape index (κ2) is 6.95. The Balaban J connectivity index is 4.27. The molecule has 0 aromatic rings. The Hall–Kier alpha value is 0.577. The maximum absolute atomic E-state index is 5.68. The molecule has 5 heteroatoms. The molecule has 2 nitrogen and oxygen atoms in total. The van der Waals surface area contributed by atoms with Crippen LogP contribution in [0.2, 0.25) is 6.55 Å². The summed E-state index contributed by atoms with van der Waals surface area (Å²) >= 11 is 6.92. The van der Waals surface area contributed by atoms with E-state index in [1.807, 2.05) is 13.8 Å². The largest absolute Gasteiger partial charge is 0.408 e. The summed E-state index contributed by atoms with van der Waals surface area (Å²) in [5.41, 5.74) is 0. The Labute approximate surface area is 97.6 Å². The van der Waals surface area contributed by atoms with Crippen molar-refractivity contribution < 1.29 is 8.85 Å². The van der Waals surface area contributed by atoms with Crippen molar-refractivity contribution in [3.05, 3.63) is 0 Å². The smallest absolute Gasteiger partial charge is 0.387 e. The summed E-state index contributed by atoms with van der Waals surface area (Å²) in [5, 5.41) is 0. The highest BCUT2D eigenvalue weighted by Crippen LogP contribution is 2.27. The summed E-state index contributed by atoms with van der Waals surface area (Å²) in [7, 11) is -2.10. The van der Waals surface area contributed by atoms with Gasteiger partial charge in [-0.1, -0.05) is 37.3 Å². The summed E-state index contributed by atoms with van der Waals surface area (Å²) in [4.78, 5) is 0. The first-order valence-electron chi connectivity index (χ1n) is 4.96. The molecule has 0 bridgehead atoms. The Bertz CT molecular complexity index is 180. The van der Waals surface area contributed by atoms with Crippen LogP contribution in [0.1, 0.15) is 27.7 Å². The van der Waals surface area contributed by atoms with Crippen LogP contribution in [0.15, 0.2) is 0 Å². The highest BCUT2D eigenvalue weighted by Gasteiger charge is 2.34. The molecule has 0 N–H and O–H groups in total. The molecular weight excluding hydrogens is 232 g/mol. The normalized spacial score (nSPS) is 12.1.